The summed E-state index contributed by atoms with van der Waals surface area (Å²) in [4.78, 5) is 0. The van der Waals surface area contributed by atoms with Crippen molar-refractivity contribution in [2.45, 2.75) is 12.8 Å². The summed E-state index contributed by atoms with van der Waals surface area (Å²) < 4.78 is 5.67. The van der Waals surface area contributed by atoms with Gasteiger partial charge in [0.05, 0.1) is 11.5 Å². The maximum Gasteiger partial charge on any atom is 0.130 e. The Morgan fingerprint density at radius 2 is 1.94 bits per heavy atom. The third kappa shape index (κ3) is 3.57. The maximum atomic E-state index is 7.95. The van der Waals surface area contributed by atoms with Crippen molar-refractivity contribution < 1.29 is 4.74 Å². The molecule has 0 saturated carbocycles. The number of halogens is 1. The molecule has 18 heavy (non-hydrogen) atoms. The second-order valence-electron chi connectivity index (χ2n) is 4.22. The molecule has 1 aliphatic rings. The fraction of sp³-hybridized carbons (Fsp3) is 0.267. The number of hydrogen-bond acceptors (Lipinski definition) is 2. The van der Waals surface area contributed by atoms with E-state index in [0.29, 0.717) is 12.3 Å². The smallest absolute Gasteiger partial charge is 0.130 e. The highest BCUT2D eigenvalue weighted by molar-refractivity contribution is 9.09. The standard InChI is InChI=1S/C15H16BrNO/c16-10-12-6-8-14(9-7-12)18-11-15(17)13-4-2-1-3-5-13/h1-6,8,17H,7,9-11H2. The van der Waals surface area contributed by atoms with Gasteiger partial charge in [0.25, 0.3) is 0 Å². The Kier molecular flexibility index (Phi) is 4.76. The average Bonchev–Trinajstić information content (AvgIpc) is 2.46. The lowest BCUT2D eigenvalue weighted by Gasteiger charge is -2.15. The zero-order chi connectivity index (χ0) is 12.8. The van der Waals surface area contributed by atoms with Gasteiger partial charge in [-0.3, -0.25) is 0 Å². The van der Waals surface area contributed by atoms with Gasteiger partial charge in [-0.25, -0.2) is 0 Å². The lowest BCUT2D eigenvalue weighted by atomic mass is 10.1. The van der Waals surface area contributed by atoms with Crippen LogP contribution in [0.1, 0.15) is 18.4 Å². The summed E-state index contributed by atoms with van der Waals surface area (Å²) in [6.45, 7) is 0.341. The van der Waals surface area contributed by atoms with Crippen LogP contribution in [0.3, 0.4) is 0 Å². The van der Waals surface area contributed by atoms with Crippen molar-refractivity contribution in [3.8, 4) is 0 Å². The van der Waals surface area contributed by atoms with E-state index in [1.54, 1.807) is 0 Å². The largest absolute Gasteiger partial charge is 0.492 e. The van der Waals surface area contributed by atoms with Gasteiger partial charge in [-0.1, -0.05) is 57.9 Å². The summed E-state index contributed by atoms with van der Waals surface area (Å²) >= 11 is 3.45. The zero-order valence-electron chi connectivity index (χ0n) is 10.2. The molecule has 2 rings (SSSR count). The van der Waals surface area contributed by atoms with E-state index in [1.165, 1.54) is 5.57 Å². The van der Waals surface area contributed by atoms with Gasteiger partial charge in [0.1, 0.15) is 6.61 Å². The van der Waals surface area contributed by atoms with Crippen molar-refractivity contribution in [3.63, 3.8) is 0 Å². The third-order valence-electron chi connectivity index (χ3n) is 2.89. The average molecular weight is 306 g/mol. The van der Waals surface area contributed by atoms with E-state index in [1.807, 2.05) is 36.4 Å². The number of alkyl halides is 1. The Hall–Kier alpha value is -1.35. The summed E-state index contributed by atoms with van der Waals surface area (Å²) in [7, 11) is 0. The molecule has 0 heterocycles. The molecule has 0 amide bonds. The highest BCUT2D eigenvalue weighted by Gasteiger charge is 2.08. The number of allylic oxidation sites excluding steroid dienone is 4. The Morgan fingerprint density at radius 1 is 1.17 bits per heavy atom. The molecule has 3 heteroatoms. The fourth-order valence-corrected chi connectivity index (χ4v) is 2.25. The molecule has 0 unspecified atom stereocenters. The molecule has 1 aromatic rings. The number of nitrogens with one attached hydrogen (secondary N) is 1. The minimum atomic E-state index is 0.341. The third-order valence-corrected chi connectivity index (χ3v) is 3.61. The van der Waals surface area contributed by atoms with Crippen molar-refractivity contribution in [2.75, 3.05) is 11.9 Å². The van der Waals surface area contributed by atoms with Gasteiger partial charge in [-0.05, 0) is 18.1 Å². The van der Waals surface area contributed by atoms with Gasteiger partial charge < -0.3 is 10.1 Å². The quantitative estimate of drug-likeness (QED) is 0.645. The molecule has 1 aliphatic carbocycles. The molecule has 0 fully saturated rings. The van der Waals surface area contributed by atoms with Crippen LogP contribution in [0.25, 0.3) is 0 Å². The monoisotopic (exact) mass is 305 g/mol. The van der Waals surface area contributed by atoms with Crippen LogP contribution in [-0.4, -0.2) is 17.6 Å². The first-order chi connectivity index (χ1) is 8.79. The molecule has 0 aliphatic heterocycles. The van der Waals surface area contributed by atoms with E-state index in [2.05, 4.69) is 22.0 Å². The minimum Gasteiger partial charge on any atom is -0.492 e. The molecule has 0 spiro atoms. The lowest BCUT2D eigenvalue weighted by molar-refractivity contribution is 0.245. The molecular formula is C15H16BrNO. The van der Waals surface area contributed by atoms with Crippen LogP contribution in [-0.2, 0) is 4.74 Å². The van der Waals surface area contributed by atoms with Crippen LogP contribution in [0.5, 0.6) is 0 Å². The molecule has 1 N–H and O–H groups in total. The Labute approximate surface area is 116 Å². The molecule has 0 saturated heterocycles. The fourth-order valence-electron chi connectivity index (χ4n) is 1.78. The molecule has 94 valence electrons. The number of benzene rings is 1. The van der Waals surface area contributed by atoms with Crippen molar-refractivity contribution in [1.29, 1.82) is 5.41 Å². The van der Waals surface area contributed by atoms with E-state index >= 15 is 0 Å². The maximum absolute atomic E-state index is 7.95. The number of ether oxygens (including phenoxy) is 1. The summed E-state index contributed by atoms with van der Waals surface area (Å²) in [5.41, 5.74) is 2.83. The molecule has 1 aromatic carbocycles. The van der Waals surface area contributed by atoms with Crippen molar-refractivity contribution in [3.05, 3.63) is 59.4 Å². The van der Waals surface area contributed by atoms with E-state index < -0.39 is 0 Å². The van der Waals surface area contributed by atoms with E-state index in [4.69, 9.17) is 10.1 Å². The van der Waals surface area contributed by atoms with Crippen LogP contribution in [0.2, 0.25) is 0 Å². The van der Waals surface area contributed by atoms with Crippen LogP contribution < -0.4 is 0 Å². The second kappa shape index (κ2) is 6.55. The molecular weight excluding hydrogens is 290 g/mol. The summed E-state index contributed by atoms with van der Waals surface area (Å²) in [6.07, 6.45) is 6.08. The second-order valence-corrected chi connectivity index (χ2v) is 4.79. The molecule has 2 nitrogen and oxygen atoms in total. The Bertz CT molecular complexity index is 477. The van der Waals surface area contributed by atoms with Crippen LogP contribution in [0, 0.1) is 5.41 Å². The number of hydrogen-bond donors (Lipinski definition) is 1. The van der Waals surface area contributed by atoms with Crippen LogP contribution in [0.15, 0.2) is 53.8 Å². The van der Waals surface area contributed by atoms with Crippen molar-refractivity contribution >= 4 is 21.6 Å². The van der Waals surface area contributed by atoms with Gasteiger partial charge in [0.15, 0.2) is 0 Å². The van der Waals surface area contributed by atoms with Crippen LogP contribution in [0.4, 0.5) is 0 Å². The van der Waals surface area contributed by atoms with Gasteiger partial charge in [0.2, 0.25) is 0 Å². The molecule has 0 atom stereocenters. The minimum absolute atomic E-state index is 0.341. The summed E-state index contributed by atoms with van der Waals surface area (Å²) in [5, 5.41) is 8.88. The predicted molar refractivity (Wildman–Crippen MR) is 78.4 cm³/mol. The highest BCUT2D eigenvalue weighted by Crippen LogP contribution is 2.20. The zero-order valence-corrected chi connectivity index (χ0v) is 11.7. The Balaban J connectivity index is 1.88. The van der Waals surface area contributed by atoms with Gasteiger partial charge in [0, 0.05) is 11.8 Å². The first-order valence-corrected chi connectivity index (χ1v) is 7.12. The molecule has 0 radical (unpaired) electrons. The summed E-state index contributed by atoms with van der Waals surface area (Å²) in [5.74, 6) is 0.973. The topological polar surface area (TPSA) is 33.1 Å². The highest BCUT2D eigenvalue weighted by atomic mass is 79.9. The summed E-state index contributed by atoms with van der Waals surface area (Å²) in [6, 6.07) is 9.70. The number of rotatable bonds is 5. The Morgan fingerprint density at radius 3 is 2.56 bits per heavy atom. The van der Waals surface area contributed by atoms with E-state index in [-0.39, 0.29) is 0 Å². The first kappa shape index (κ1) is 13.1. The first-order valence-electron chi connectivity index (χ1n) is 6.00. The molecule has 0 aromatic heterocycles. The van der Waals surface area contributed by atoms with Crippen LogP contribution >= 0.6 is 15.9 Å². The normalized spacial score (nSPS) is 14.7. The molecule has 0 bridgehead atoms. The van der Waals surface area contributed by atoms with E-state index in [9.17, 15) is 0 Å². The SMILES string of the molecule is N=C(COC1=CC=C(CBr)CC1)c1ccccc1. The van der Waals surface area contributed by atoms with Crippen molar-refractivity contribution in [2.24, 2.45) is 0 Å². The van der Waals surface area contributed by atoms with Crippen molar-refractivity contribution in [1.82, 2.24) is 0 Å². The van der Waals surface area contributed by atoms with Gasteiger partial charge >= 0.3 is 0 Å². The van der Waals surface area contributed by atoms with Gasteiger partial charge in [-0.2, -0.15) is 0 Å². The van der Waals surface area contributed by atoms with E-state index in [0.717, 1.165) is 29.5 Å². The lowest BCUT2D eigenvalue weighted by Crippen LogP contribution is -2.10. The van der Waals surface area contributed by atoms with Gasteiger partial charge in [-0.15, -0.1) is 0 Å². The predicted octanol–water partition coefficient (Wildman–Crippen LogP) is 4.07.